The van der Waals surface area contributed by atoms with E-state index in [1.54, 1.807) is 7.11 Å². The average molecular weight is 310 g/mol. The highest BCUT2D eigenvalue weighted by Crippen LogP contribution is 2.23. The predicted octanol–water partition coefficient (Wildman–Crippen LogP) is 4.74. The third-order valence-corrected chi connectivity index (χ3v) is 4.09. The molecule has 0 saturated carbocycles. The summed E-state index contributed by atoms with van der Waals surface area (Å²) in [5.41, 5.74) is 3.61. The molecule has 0 aliphatic heterocycles. The Morgan fingerprint density at radius 3 is 2.26 bits per heavy atom. The first-order valence-corrected chi connectivity index (χ1v) is 8.13. The van der Waals surface area contributed by atoms with Crippen LogP contribution in [0, 0.1) is 0 Å². The number of benzene rings is 2. The number of carbonyl (C=O) groups is 1. The smallest absolute Gasteiger partial charge is 0.137 e. The van der Waals surface area contributed by atoms with Crippen LogP contribution in [-0.2, 0) is 23.1 Å². The number of aryl methyl sites for hydroxylation is 1. The Hall–Kier alpha value is -2.09. The summed E-state index contributed by atoms with van der Waals surface area (Å²) >= 11 is 0. The Balaban J connectivity index is 1.92. The van der Waals surface area contributed by atoms with Gasteiger partial charge < -0.3 is 4.74 Å². The molecule has 122 valence electrons. The first-order valence-electron chi connectivity index (χ1n) is 8.13. The number of ketones is 1. The normalized spacial score (nSPS) is 11.3. The Morgan fingerprint density at radius 1 is 1.00 bits per heavy atom. The third kappa shape index (κ3) is 4.95. The summed E-state index contributed by atoms with van der Waals surface area (Å²) in [6, 6.07) is 16.3. The zero-order valence-corrected chi connectivity index (χ0v) is 14.6. The fourth-order valence-electron chi connectivity index (χ4n) is 2.62. The number of hydrogen-bond donors (Lipinski definition) is 0. The summed E-state index contributed by atoms with van der Waals surface area (Å²) < 4.78 is 5.33. The second-order valence-electron chi connectivity index (χ2n) is 6.97. The highest BCUT2D eigenvalue weighted by atomic mass is 16.5. The number of hydrogen-bond acceptors (Lipinski definition) is 2. The van der Waals surface area contributed by atoms with Gasteiger partial charge in [-0.3, -0.25) is 4.79 Å². The molecule has 0 radical (unpaired) electrons. The summed E-state index contributed by atoms with van der Waals surface area (Å²) in [4.78, 5) is 12.2. The van der Waals surface area contributed by atoms with E-state index in [-0.39, 0.29) is 11.2 Å². The average Bonchev–Trinajstić information content (AvgIpc) is 2.53. The topological polar surface area (TPSA) is 26.3 Å². The number of Topliss-reactive ketones (excluding diaryl/α,β-unsaturated/α-hetero) is 1. The van der Waals surface area contributed by atoms with Crippen molar-refractivity contribution in [2.24, 2.45) is 0 Å². The number of para-hydroxylation sites is 1. The lowest BCUT2D eigenvalue weighted by molar-refractivity contribution is -0.118. The molecule has 2 aromatic carbocycles. The van der Waals surface area contributed by atoms with E-state index in [4.69, 9.17) is 4.74 Å². The maximum Gasteiger partial charge on any atom is 0.137 e. The van der Waals surface area contributed by atoms with Crippen molar-refractivity contribution in [3.05, 3.63) is 65.2 Å². The second kappa shape index (κ2) is 7.45. The largest absolute Gasteiger partial charge is 0.496 e. The van der Waals surface area contributed by atoms with Crippen molar-refractivity contribution in [2.75, 3.05) is 7.11 Å². The van der Waals surface area contributed by atoms with Crippen LogP contribution in [0.4, 0.5) is 0 Å². The highest BCUT2D eigenvalue weighted by Gasteiger charge is 2.13. The Bertz CT molecular complexity index is 648. The van der Waals surface area contributed by atoms with Crippen LogP contribution < -0.4 is 4.74 Å². The molecule has 2 rings (SSSR count). The van der Waals surface area contributed by atoms with Gasteiger partial charge in [-0.25, -0.2) is 0 Å². The minimum absolute atomic E-state index is 0.145. The fraction of sp³-hybridized carbons (Fsp3) is 0.381. The van der Waals surface area contributed by atoms with E-state index < -0.39 is 0 Å². The lowest BCUT2D eigenvalue weighted by atomic mass is 9.86. The van der Waals surface area contributed by atoms with Gasteiger partial charge in [0.2, 0.25) is 0 Å². The van der Waals surface area contributed by atoms with E-state index in [0.717, 1.165) is 23.3 Å². The van der Waals surface area contributed by atoms with Gasteiger partial charge in [0, 0.05) is 12.8 Å². The van der Waals surface area contributed by atoms with E-state index >= 15 is 0 Å². The monoisotopic (exact) mass is 310 g/mol. The van der Waals surface area contributed by atoms with Crippen LogP contribution in [0.1, 0.15) is 43.9 Å². The van der Waals surface area contributed by atoms with Crippen molar-refractivity contribution >= 4 is 5.78 Å². The van der Waals surface area contributed by atoms with Gasteiger partial charge in [-0.05, 0) is 34.6 Å². The Kier molecular flexibility index (Phi) is 5.59. The molecule has 0 bridgehead atoms. The van der Waals surface area contributed by atoms with E-state index in [0.29, 0.717) is 12.8 Å². The molecule has 0 heterocycles. The lowest BCUT2D eigenvalue weighted by Gasteiger charge is -2.19. The summed E-state index contributed by atoms with van der Waals surface area (Å²) in [6.45, 7) is 6.58. The maximum atomic E-state index is 12.2. The van der Waals surface area contributed by atoms with Gasteiger partial charge in [0.25, 0.3) is 0 Å². The number of rotatable bonds is 6. The molecule has 2 heteroatoms. The quantitative estimate of drug-likeness (QED) is 0.770. The minimum atomic E-state index is 0.145. The maximum absolute atomic E-state index is 12.2. The van der Waals surface area contributed by atoms with Gasteiger partial charge in [0.05, 0.1) is 7.11 Å². The van der Waals surface area contributed by atoms with E-state index in [1.807, 2.05) is 24.3 Å². The molecule has 0 atom stereocenters. The van der Waals surface area contributed by atoms with Crippen LogP contribution in [-0.4, -0.2) is 12.9 Å². The molecule has 2 nitrogen and oxygen atoms in total. The van der Waals surface area contributed by atoms with Crippen LogP contribution in [0.5, 0.6) is 5.75 Å². The van der Waals surface area contributed by atoms with Crippen LogP contribution >= 0.6 is 0 Å². The van der Waals surface area contributed by atoms with Gasteiger partial charge in [0.1, 0.15) is 11.5 Å². The van der Waals surface area contributed by atoms with E-state index in [2.05, 4.69) is 45.0 Å². The van der Waals surface area contributed by atoms with E-state index in [1.165, 1.54) is 5.56 Å². The summed E-state index contributed by atoms with van der Waals surface area (Å²) in [6.07, 6.45) is 1.77. The standard InChI is InChI=1S/C21H26O2/c1-21(2,3)18-12-9-16(10-13-18)15-19(22)14-11-17-7-5-6-8-20(17)23-4/h5-10,12-13H,11,14-15H2,1-4H3. The first-order chi connectivity index (χ1) is 10.9. The molecule has 0 saturated heterocycles. The van der Waals surface area contributed by atoms with E-state index in [9.17, 15) is 4.79 Å². The molecule has 0 aromatic heterocycles. The van der Waals surface area contributed by atoms with Crippen molar-refractivity contribution in [3.8, 4) is 5.75 Å². The molecular weight excluding hydrogens is 284 g/mol. The first kappa shape index (κ1) is 17.3. The zero-order valence-electron chi connectivity index (χ0n) is 14.6. The summed E-state index contributed by atoms with van der Waals surface area (Å²) in [7, 11) is 1.66. The van der Waals surface area contributed by atoms with Crippen molar-refractivity contribution in [3.63, 3.8) is 0 Å². The van der Waals surface area contributed by atoms with Gasteiger partial charge in [-0.2, -0.15) is 0 Å². The molecule has 2 aromatic rings. The van der Waals surface area contributed by atoms with Crippen LogP contribution in [0.3, 0.4) is 0 Å². The predicted molar refractivity (Wildman–Crippen MR) is 95.2 cm³/mol. The van der Waals surface area contributed by atoms with Gasteiger partial charge in [0.15, 0.2) is 0 Å². The molecule has 0 aliphatic carbocycles. The fourth-order valence-corrected chi connectivity index (χ4v) is 2.62. The summed E-state index contributed by atoms with van der Waals surface area (Å²) in [5.74, 6) is 1.12. The van der Waals surface area contributed by atoms with Crippen LogP contribution in [0.2, 0.25) is 0 Å². The van der Waals surface area contributed by atoms with Crippen LogP contribution in [0.25, 0.3) is 0 Å². The van der Waals surface area contributed by atoms with Gasteiger partial charge in [-0.1, -0.05) is 63.2 Å². The Labute approximate surface area is 139 Å². The number of methoxy groups -OCH3 is 1. The zero-order chi connectivity index (χ0) is 16.9. The molecule has 0 spiro atoms. The SMILES string of the molecule is COc1ccccc1CCC(=O)Cc1ccc(C(C)(C)C)cc1. The van der Waals surface area contributed by atoms with Crippen molar-refractivity contribution in [1.29, 1.82) is 0 Å². The minimum Gasteiger partial charge on any atom is -0.496 e. The van der Waals surface area contributed by atoms with Gasteiger partial charge >= 0.3 is 0 Å². The molecule has 0 unspecified atom stereocenters. The number of ether oxygens (including phenoxy) is 1. The second-order valence-corrected chi connectivity index (χ2v) is 6.97. The van der Waals surface area contributed by atoms with Crippen molar-refractivity contribution in [2.45, 2.75) is 45.4 Å². The molecule has 0 amide bonds. The molecule has 0 aliphatic rings. The molecule has 23 heavy (non-hydrogen) atoms. The molecular formula is C21H26O2. The van der Waals surface area contributed by atoms with Crippen molar-refractivity contribution < 1.29 is 9.53 Å². The molecule has 0 fully saturated rings. The lowest BCUT2D eigenvalue weighted by Crippen LogP contribution is -2.11. The number of carbonyl (C=O) groups excluding carboxylic acids is 1. The van der Waals surface area contributed by atoms with Crippen LogP contribution in [0.15, 0.2) is 48.5 Å². The highest BCUT2D eigenvalue weighted by molar-refractivity contribution is 5.81. The van der Waals surface area contributed by atoms with Gasteiger partial charge in [-0.15, -0.1) is 0 Å². The molecule has 0 N–H and O–H groups in total. The van der Waals surface area contributed by atoms with Crippen molar-refractivity contribution in [1.82, 2.24) is 0 Å². The Morgan fingerprint density at radius 2 is 1.65 bits per heavy atom. The summed E-state index contributed by atoms with van der Waals surface area (Å²) in [5, 5.41) is 0. The third-order valence-electron chi connectivity index (χ3n) is 4.09.